The van der Waals surface area contributed by atoms with Crippen LogP contribution in [0.1, 0.15) is 17.9 Å². The second kappa shape index (κ2) is 8.93. The summed E-state index contributed by atoms with van der Waals surface area (Å²) in [5.41, 5.74) is -0.998. The lowest BCUT2D eigenvalue weighted by molar-refractivity contribution is -0.253. The fraction of sp³-hybridized carbons (Fsp3) is 0.316. The Morgan fingerprint density at radius 2 is 1.69 bits per heavy atom. The van der Waals surface area contributed by atoms with Crippen LogP contribution in [0.2, 0.25) is 0 Å². The molecule has 2 atom stereocenters. The molecule has 1 aliphatic rings. The average molecular weight is 501 g/mol. The molecule has 13 heteroatoms. The standard InChI is InChI=1S/C19H14F7NO3S2/c20-11-2-4-13(5-3-11)32(30)27-12(8-16(28)29)9-31-15-7-10(1-6-14(15)27)17(18(21,22)23)19(24,25)26/h1-7,12,17H,8-9H2,(H,28,29). The first kappa shape index (κ1) is 24.4. The minimum Gasteiger partial charge on any atom is -0.481 e. The third-order valence-corrected chi connectivity index (χ3v) is 7.29. The molecule has 0 saturated heterocycles. The number of carboxylic acids is 1. The summed E-state index contributed by atoms with van der Waals surface area (Å²) in [4.78, 5) is 11.3. The van der Waals surface area contributed by atoms with Gasteiger partial charge in [0, 0.05) is 10.6 Å². The van der Waals surface area contributed by atoms with Crippen LogP contribution in [0, 0.1) is 5.82 Å². The van der Waals surface area contributed by atoms with Crippen LogP contribution in [-0.2, 0) is 15.8 Å². The highest BCUT2D eigenvalue weighted by atomic mass is 32.2. The van der Waals surface area contributed by atoms with Gasteiger partial charge in [0.25, 0.3) is 0 Å². The van der Waals surface area contributed by atoms with Crippen LogP contribution in [0.5, 0.6) is 0 Å². The van der Waals surface area contributed by atoms with E-state index in [4.69, 9.17) is 0 Å². The van der Waals surface area contributed by atoms with Crippen LogP contribution in [-0.4, -0.2) is 39.4 Å². The number of hydrogen-bond donors (Lipinski definition) is 1. The van der Waals surface area contributed by atoms with Crippen molar-refractivity contribution in [3.05, 3.63) is 53.8 Å². The number of benzene rings is 2. The maximum atomic E-state index is 13.2. The molecular weight excluding hydrogens is 487 g/mol. The third-order valence-electron chi connectivity index (χ3n) is 4.58. The first-order valence-electron chi connectivity index (χ1n) is 8.87. The lowest BCUT2D eigenvalue weighted by atomic mass is 9.97. The highest BCUT2D eigenvalue weighted by Crippen LogP contribution is 2.49. The molecule has 174 valence electrons. The summed E-state index contributed by atoms with van der Waals surface area (Å²) in [6.07, 6.45) is -11.6. The van der Waals surface area contributed by atoms with Gasteiger partial charge in [-0.15, -0.1) is 11.8 Å². The average Bonchev–Trinajstić information content (AvgIpc) is 2.65. The fourth-order valence-corrected chi connectivity index (χ4v) is 5.93. The fourth-order valence-electron chi connectivity index (χ4n) is 3.25. The maximum absolute atomic E-state index is 13.2. The number of anilines is 1. The van der Waals surface area contributed by atoms with E-state index in [0.717, 1.165) is 40.3 Å². The number of aliphatic carboxylic acids is 1. The molecule has 3 rings (SSSR count). The Morgan fingerprint density at radius 3 is 2.22 bits per heavy atom. The van der Waals surface area contributed by atoms with E-state index in [-0.39, 0.29) is 21.2 Å². The van der Waals surface area contributed by atoms with Gasteiger partial charge in [0.05, 0.1) is 23.0 Å². The molecule has 0 amide bonds. The number of fused-ring (bicyclic) bond motifs is 1. The number of rotatable bonds is 5. The van der Waals surface area contributed by atoms with Gasteiger partial charge in [-0.2, -0.15) is 26.3 Å². The van der Waals surface area contributed by atoms with E-state index in [1.165, 1.54) is 12.1 Å². The third kappa shape index (κ3) is 5.20. The Hall–Kier alpha value is -2.28. The zero-order chi connectivity index (χ0) is 23.8. The van der Waals surface area contributed by atoms with Crippen molar-refractivity contribution in [2.45, 2.75) is 40.5 Å². The number of alkyl halides is 6. The predicted octanol–water partition coefficient (Wildman–Crippen LogP) is 5.51. The Kier molecular flexibility index (Phi) is 6.80. The van der Waals surface area contributed by atoms with Gasteiger partial charge in [-0.25, -0.2) is 8.60 Å². The molecule has 2 aromatic carbocycles. The topological polar surface area (TPSA) is 57.6 Å². The molecule has 0 bridgehead atoms. The largest absolute Gasteiger partial charge is 0.481 e. The van der Waals surface area contributed by atoms with Crippen molar-refractivity contribution < 1.29 is 44.8 Å². The smallest absolute Gasteiger partial charge is 0.404 e. The zero-order valence-corrected chi connectivity index (χ0v) is 17.4. The van der Waals surface area contributed by atoms with Crippen LogP contribution in [0.25, 0.3) is 0 Å². The van der Waals surface area contributed by atoms with Gasteiger partial charge >= 0.3 is 18.3 Å². The minimum atomic E-state index is -5.58. The first-order valence-corrected chi connectivity index (χ1v) is 11.0. The molecule has 1 aliphatic heterocycles. The van der Waals surface area contributed by atoms with Crippen molar-refractivity contribution in [3.63, 3.8) is 0 Å². The molecule has 2 unspecified atom stereocenters. The van der Waals surface area contributed by atoms with Crippen LogP contribution in [0.4, 0.5) is 36.4 Å². The summed E-state index contributed by atoms with van der Waals surface area (Å²) >= 11 is 0.876. The zero-order valence-electron chi connectivity index (χ0n) is 15.8. The van der Waals surface area contributed by atoms with E-state index >= 15 is 0 Å². The van der Waals surface area contributed by atoms with Gasteiger partial charge in [0.2, 0.25) is 0 Å². The van der Waals surface area contributed by atoms with Crippen LogP contribution >= 0.6 is 11.8 Å². The molecule has 32 heavy (non-hydrogen) atoms. The molecule has 0 aliphatic carbocycles. The van der Waals surface area contributed by atoms with Gasteiger partial charge in [-0.3, -0.25) is 9.10 Å². The quantitative estimate of drug-likeness (QED) is 0.549. The van der Waals surface area contributed by atoms with Crippen molar-refractivity contribution in [1.29, 1.82) is 0 Å². The molecule has 0 aromatic heterocycles. The molecule has 2 aromatic rings. The molecule has 1 N–H and O–H groups in total. The van der Waals surface area contributed by atoms with Crippen molar-refractivity contribution in [2.24, 2.45) is 0 Å². The van der Waals surface area contributed by atoms with E-state index in [0.29, 0.717) is 6.07 Å². The Bertz CT molecular complexity index is 1010. The normalized spacial score (nSPS) is 17.9. The number of carbonyl (C=O) groups is 1. The summed E-state index contributed by atoms with van der Waals surface area (Å²) < 4.78 is 106. The molecular formula is C19H14F7NO3S2. The molecule has 0 radical (unpaired) electrons. The van der Waals surface area contributed by atoms with Crippen molar-refractivity contribution in [1.82, 2.24) is 0 Å². The van der Waals surface area contributed by atoms with E-state index in [1.807, 2.05) is 0 Å². The molecule has 0 saturated carbocycles. The van der Waals surface area contributed by atoms with Gasteiger partial charge in [0.1, 0.15) is 5.82 Å². The molecule has 1 heterocycles. The lowest BCUT2D eigenvalue weighted by Gasteiger charge is -2.37. The second-order valence-electron chi connectivity index (χ2n) is 6.83. The van der Waals surface area contributed by atoms with Crippen LogP contribution in [0.3, 0.4) is 0 Å². The Labute approximate surface area is 184 Å². The molecule has 0 spiro atoms. The molecule has 4 nitrogen and oxygen atoms in total. The van der Waals surface area contributed by atoms with E-state index < -0.39 is 59.1 Å². The monoisotopic (exact) mass is 501 g/mol. The number of thioether (sulfide) groups is 1. The Balaban J connectivity index is 2.08. The van der Waals surface area contributed by atoms with Gasteiger partial charge in [-0.05, 0) is 42.0 Å². The van der Waals surface area contributed by atoms with Crippen molar-refractivity contribution in [3.8, 4) is 0 Å². The first-order chi connectivity index (χ1) is 14.8. The second-order valence-corrected chi connectivity index (χ2v) is 9.26. The van der Waals surface area contributed by atoms with Crippen molar-refractivity contribution in [2.75, 3.05) is 10.1 Å². The SMILES string of the molecule is O=C(O)CC1CSc2cc(C(C(F)(F)F)C(F)(F)F)ccc2N1S(=O)c1ccc(F)cc1. The van der Waals surface area contributed by atoms with Crippen molar-refractivity contribution >= 4 is 34.4 Å². The van der Waals surface area contributed by atoms with E-state index in [1.54, 1.807) is 0 Å². The summed E-state index contributed by atoms with van der Waals surface area (Å²) in [7, 11) is -2.09. The summed E-state index contributed by atoms with van der Waals surface area (Å²) in [5, 5.41) is 9.18. The summed E-state index contributed by atoms with van der Waals surface area (Å²) in [6, 6.07) is 5.92. The molecule has 0 fully saturated rings. The number of nitrogens with zero attached hydrogens (tertiary/aromatic N) is 1. The Morgan fingerprint density at radius 1 is 1.09 bits per heavy atom. The minimum absolute atomic E-state index is 0.00176. The summed E-state index contributed by atoms with van der Waals surface area (Å²) in [6.45, 7) is 0. The van der Waals surface area contributed by atoms with E-state index in [9.17, 15) is 44.8 Å². The van der Waals surface area contributed by atoms with E-state index in [2.05, 4.69) is 0 Å². The van der Waals surface area contributed by atoms with Gasteiger partial charge in [-0.1, -0.05) is 6.07 Å². The van der Waals surface area contributed by atoms with Crippen LogP contribution < -0.4 is 4.31 Å². The van der Waals surface area contributed by atoms with Gasteiger partial charge in [0.15, 0.2) is 16.9 Å². The highest BCUT2D eigenvalue weighted by molar-refractivity contribution is 7.99. The number of halogens is 7. The highest BCUT2D eigenvalue weighted by Gasteiger charge is 2.57. The number of carboxylic acid groups (broad SMARTS) is 1. The summed E-state index contributed by atoms with van der Waals surface area (Å²) in [5.74, 6) is -5.59. The van der Waals surface area contributed by atoms with Crippen LogP contribution in [0.15, 0.2) is 52.3 Å². The number of hydrogen-bond acceptors (Lipinski definition) is 3. The van der Waals surface area contributed by atoms with Gasteiger partial charge < -0.3 is 5.11 Å². The lowest BCUT2D eigenvalue weighted by Crippen LogP contribution is -2.42. The predicted molar refractivity (Wildman–Crippen MR) is 103 cm³/mol. The maximum Gasteiger partial charge on any atom is 0.404 e.